The van der Waals surface area contributed by atoms with Crippen LogP contribution in [0.15, 0.2) is 23.2 Å². The van der Waals surface area contributed by atoms with Gasteiger partial charge in [0.25, 0.3) is 0 Å². The first-order valence-corrected chi connectivity index (χ1v) is 3.71. The van der Waals surface area contributed by atoms with Gasteiger partial charge < -0.3 is 17.2 Å². The monoisotopic (exact) mass is 182 g/mol. The maximum Gasteiger partial charge on any atom is 0.191 e. The molecule has 0 amide bonds. The number of halogens is 1. The molecule has 0 spiro atoms. The molecule has 0 bridgehead atoms. The summed E-state index contributed by atoms with van der Waals surface area (Å²) in [5.41, 5.74) is 16.4. The second kappa shape index (κ2) is 3.86. The Morgan fingerprint density at radius 3 is 2.54 bits per heavy atom. The third kappa shape index (κ3) is 2.41. The molecule has 0 fully saturated rings. The molecule has 5 heteroatoms. The van der Waals surface area contributed by atoms with Crippen LogP contribution >= 0.6 is 0 Å². The van der Waals surface area contributed by atoms with Crippen LogP contribution in [0, 0.1) is 5.82 Å². The molecule has 0 heterocycles. The summed E-state index contributed by atoms with van der Waals surface area (Å²) in [5, 5.41) is 0. The smallest absolute Gasteiger partial charge is 0.191 e. The number of guanidine groups is 1. The number of rotatable bonds is 2. The molecule has 4 nitrogen and oxygen atoms in total. The van der Waals surface area contributed by atoms with Crippen molar-refractivity contribution in [3.8, 4) is 0 Å². The zero-order valence-electron chi connectivity index (χ0n) is 7.00. The van der Waals surface area contributed by atoms with Crippen LogP contribution < -0.4 is 17.2 Å². The fourth-order valence-electron chi connectivity index (χ4n) is 0.920. The van der Waals surface area contributed by atoms with Gasteiger partial charge in [0, 0.05) is 12.1 Å². The van der Waals surface area contributed by atoms with E-state index in [1.807, 2.05) is 0 Å². The van der Waals surface area contributed by atoms with E-state index in [9.17, 15) is 4.39 Å². The number of hydrogen-bond acceptors (Lipinski definition) is 2. The molecule has 6 N–H and O–H groups in total. The lowest BCUT2D eigenvalue weighted by Crippen LogP contribution is -2.21. The standard InChI is InChI=1S/C8H11FN4/c9-7-3-6(13-8(11)12)2-1-5(7)4-10/h1-3H,4,10H2,(H4,11,12,13). The van der Waals surface area contributed by atoms with E-state index in [0.717, 1.165) is 0 Å². The van der Waals surface area contributed by atoms with Gasteiger partial charge in [0.1, 0.15) is 5.82 Å². The van der Waals surface area contributed by atoms with Crippen molar-refractivity contribution in [3.05, 3.63) is 29.6 Å². The van der Waals surface area contributed by atoms with Gasteiger partial charge >= 0.3 is 0 Å². The highest BCUT2D eigenvalue weighted by Crippen LogP contribution is 2.16. The maximum atomic E-state index is 13.1. The molecule has 0 aliphatic heterocycles. The second-order valence-electron chi connectivity index (χ2n) is 2.52. The van der Waals surface area contributed by atoms with Gasteiger partial charge in [-0.05, 0) is 12.1 Å². The van der Waals surface area contributed by atoms with Crippen LogP contribution in [0.5, 0.6) is 0 Å². The van der Waals surface area contributed by atoms with Crippen molar-refractivity contribution in [1.29, 1.82) is 0 Å². The van der Waals surface area contributed by atoms with E-state index in [0.29, 0.717) is 11.3 Å². The van der Waals surface area contributed by atoms with E-state index in [1.165, 1.54) is 6.07 Å². The predicted octanol–water partition coefficient (Wildman–Crippen LogP) is 0.189. The van der Waals surface area contributed by atoms with Crippen LogP contribution in [-0.4, -0.2) is 5.96 Å². The Labute approximate surface area is 75.2 Å². The highest BCUT2D eigenvalue weighted by atomic mass is 19.1. The average molecular weight is 182 g/mol. The Bertz CT molecular complexity index is 331. The Morgan fingerprint density at radius 1 is 1.38 bits per heavy atom. The number of hydrogen-bond donors (Lipinski definition) is 3. The molecular formula is C8H11FN4. The van der Waals surface area contributed by atoms with Gasteiger partial charge in [-0.2, -0.15) is 0 Å². The van der Waals surface area contributed by atoms with Gasteiger partial charge in [0.05, 0.1) is 5.69 Å². The van der Waals surface area contributed by atoms with Crippen molar-refractivity contribution < 1.29 is 4.39 Å². The Hall–Kier alpha value is -1.62. The summed E-state index contributed by atoms with van der Waals surface area (Å²) in [7, 11) is 0. The minimum Gasteiger partial charge on any atom is -0.370 e. The molecule has 13 heavy (non-hydrogen) atoms. The fraction of sp³-hybridized carbons (Fsp3) is 0.125. The van der Waals surface area contributed by atoms with Crippen LogP contribution in [0.1, 0.15) is 5.56 Å². The lowest BCUT2D eigenvalue weighted by Gasteiger charge is -2.00. The van der Waals surface area contributed by atoms with Crippen molar-refractivity contribution in [3.63, 3.8) is 0 Å². The molecule has 0 saturated carbocycles. The Balaban J connectivity index is 3.03. The van der Waals surface area contributed by atoms with E-state index in [1.54, 1.807) is 12.1 Å². The highest BCUT2D eigenvalue weighted by molar-refractivity contribution is 5.78. The molecule has 70 valence electrons. The third-order valence-corrected chi connectivity index (χ3v) is 1.51. The first-order valence-electron chi connectivity index (χ1n) is 3.71. The van der Waals surface area contributed by atoms with Crippen LogP contribution in [-0.2, 0) is 6.54 Å². The van der Waals surface area contributed by atoms with E-state index in [2.05, 4.69) is 4.99 Å². The molecule has 0 aromatic heterocycles. The van der Waals surface area contributed by atoms with E-state index >= 15 is 0 Å². The summed E-state index contributed by atoms with van der Waals surface area (Å²) in [4.78, 5) is 3.69. The highest BCUT2D eigenvalue weighted by Gasteiger charge is 2.00. The van der Waals surface area contributed by atoms with Crippen molar-refractivity contribution in [2.24, 2.45) is 22.2 Å². The minimum absolute atomic E-state index is 0.0973. The number of aliphatic imine (C=N–C) groups is 1. The zero-order valence-corrected chi connectivity index (χ0v) is 7.00. The molecule has 1 aromatic carbocycles. The van der Waals surface area contributed by atoms with Crippen LogP contribution in [0.2, 0.25) is 0 Å². The van der Waals surface area contributed by atoms with Gasteiger partial charge in [-0.1, -0.05) is 6.07 Å². The van der Waals surface area contributed by atoms with Gasteiger partial charge in [0.2, 0.25) is 0 Å². The molecule has 0 aliphatic carbocycles. The predicted molar refractivity (Wildman–Crippen MR) is 49.8 cm³/mol. The molecule has 0 radical (unpaired) electrons. The van der Waals surface area contributed by atoms with Crippen molar-refractivity contribution in [2.75, 3.05) is 0 Å². The summed E-state index contributed by atoms with van der Waals surface area (Å²) >= 11 is 0. The molecule has 0 aliphatic rings. The first kappa shape index (κ1) is 9.47. The van der Waals surface area contributed by atoms with Crippen LogP contribution in [0.25, 0.3) is 0 Å². The topological polar surface area (TPSA) is 90.4 Å². The fourth-order valence-corrected chi connectivity index (χ4v) is 0.920. The summed E-state index contributed by atoms with van der Waals surface area (Å²) in [5.74, 6) is -0.495. The number of nitrogens with two attached hydrogens (primary N) is 3. The number of nitrogens with zero attached hydrogens (tertiary/aromatic N) is 1. The second-order valence-corrected chi connectivity index (χ2v) is 2.52. The molecular weight excluding hydrogens is 171 g/mol. The van der Waals surface area contributed by atoms with Crippen LogP contribution in [0.4, 0.5) is 10.1 Å². The molecule has 0 atom stereocenters. The largest absolute Gasteiger partial charge is 0.370 e. The third-order valence-electron chi connectivity index (χ3n) is 1.51. The van der Waals surface area contributed by atoms with Crippen LogP contribution in [0.3, 0.4) is 0 Å². The average Bonchev–Trinajstić information content (AvgIpc) is 2.03. The molecule has 1 aromatic rings. The first-order chi connectivity index (χ1) is 6.13. The minimum atomic E-state index is -0.398. The van der Waals surface area contributed by atoms with Gasteiger partial charge in [-0.25, -0.2) is 9.38 Å². The molecule has 0 saturated heterocycles. The summed E-state index contributed by atoms with van der Waals surface area (Å²) in [6.45, 7) is 0.161. The SMILES string of the molecule is NCc1ccc(N=C(N)N)cc1F. The van der Waals surface area contributed by atoms with Crippen molar-refractivity contribution in [2.45, 2.75) is 6.54 Å². The van der Waals surface area contributed by atoms with E-state index in [-0.39, 0.29) is 12.5 Å². The van der Waals surface area contributed by atoms with E-state index in [4.69, 9.17) is 17.2 Å². The lowest BCUT2D eigenvalue weighted by molar-refractivity contribution is 0.611. The Kier molecular flexibility index (Phi) is 2.81. The molecule has 1 rings (SSSR count). The molecule has 0 unspecified atom stereocenters. The summed E-state index contributed by atoms with van der Waals surface area (Å²) in [6, 6.07) is 4.39. The lowest BCUT2D eigenvalue weighted by atomic mass is 10.2. The van der Waals surface area contributed by atoms with Gasteiger partial charge in [-0.15, -0.1) is 0 Å². The van der Waals surface area contributed by atoms with Crippen molar-refractivity contribution >= 4 is 11.6 Å². The quantitative estimate of drug-likeness (QED) is 0.450. The number of benzene rings is 1. The summed E-state index contributed by atoms with van der Waals surface area (Å²) < 4.78 is 13.1. The summed E-state index contributed by atoms with van der Waals surface area (Å²) in [6.07, 6.45) is 0. The maximum absolute atomic E-state index is 13.1. The van der Waals surface area contributed by atoms with Gasteiger partial charge in [-0.3, -0.25) is 0 Å². The van der Waals surface area contributed by atoms with Gasteiger partial charge in [0.15, 0.2) is 5.96 Å². The normalized spacial score (nSPS) is 9.69. The Morgan fingerprint density at radius 2 is 2.08 bits per heavy atom. The zero-order chi connectivity index (χ0) is 9.84. The van der Waals surface area contributed by atoms with Crippen molar-refractivity contribution in [1.82, 2.24) is 0 Å². The van der Waals surface area contributed by atoms with E-state index < -0.39 is 5.82 Å².